The summed E-state index contributed by atoms with van der Waals surface area (Å²) in [4.78, 5) is 10.4. The van der Waals surface area contributed by atoms with E-state index in [1.165, 1.54) is 24.0 Å². The predicted octanol–water partition coefficient (Wildman–Crippen LogP) is 4.47. The highest BCUT2D eigenvalue weighted by molar-refractivity contribution is 5.54. The lowest BCUT2D eigenvalue weighted by molar-refractivity contribution is 0.758. The average Bonchev–Trinajstić information content (AvgIpc) is 2.35. The van der Waals surface area contributed by atoms with Gasteiger partial charge in [0.2, 0.25) is 0 Å². The molecule has 3 heteroatoms. The van der Waals surface area contributed by atoms with E-state index in [-0.39, 0.29) is 0 Å². The second-order valence-corrected chi connectivity index (χ2v) is 4.35. The van der Waals surface area contributed by atoms with Crippen LogP contribution >= 0.6 is 0 Å². The van der Waals surface area contributed by atoms with Crippen molar-refractivity contribution in [1.29, 1.82) is 0 Å². The van der Waals surface area contributed by atoms with Gasteiger partial charge >= 0.3 is 0 Å². The van der Waals surface area contributed by atoms with E-state index in [0.29, 0.717) is 0 Å². The van der Waals surface area contributed by atoms with Gasteiger partial charge in [0, 0.05) is 0 Å². The van der Waals surface area contributed by atoms with Crippen LogP contribution in [0.1, 0.15) is 50.7 Å². The Morgan fingerprint density at radius 3 is 2.47 bits per heavy atom. The standard InChI is InChI=1S/C14H22N2O/c1-3-5-8-12-9-7-11-14(15-16-17)13(12)10-6-4-2/h7,9,11H,3-6,8,10H2,1-2H3,(H,15,17). The minimum atomic E-state index is 0.877. The molecule has 3 nitrogen and oxygen atoms in total. The quantitative estimate of drug-likeness (QED) is 0.532. The summed E-state index contributed by atoms with van der Waals surface area (Å²) in [5, 5.41) is 2.80. The van der Waals surface area contributed by atoms with E-state index in [1.54, 1.807) is 0 Å². The van der Waals surface area contributed by atoms with Crippen LogP contribution in [-0.2, 0) is 12.8 Å². The van der Waals surface area contributed by atoms with Gasteiger partial charge in [-0.2, -0.15) is 0 Å². The van der Waals surface area contributed by atoms with Gasteiger partial charge in [0.15, 0.2) is 0 Å². The number of hydrogen-bond acceptors (Lipinski definition) is 2. The Balaban J connectivity index is 2.91. The summed E-state index contributed by atoms with van der Waals surface area (Å²) < 4.78 is 0. The summed E-state index contributed by atoms with van der Waals surface area (Å²) in [7, 11) is 0. The van der Waals surface area contributed by atoms with Crippen LogP contribution < -0.4 is 5.43 Å². The molecule has 0 unspecified atom stereocenters. The molecule has 1 aromatic rings. The molecule has 0 aliphatic rings. The van der Waals surface area contributed by atoms with Crippen LogP contribution in [0.25, 0.3) is 0 Å². The molecule has 0 aromatic heterocycles. The summed E-state index contributed by atoms with van der Waals surface area (Å²) in [5.74, 6) is 0. The first-order valence-corrected chi connectivity index (χ1v) is 6.52. The second-order valence-electron chi connectivity index (χ2n) is 4.35. The normalized spacial score (nSPS) is 10.2. The fourth-order valence-electron chi connectivity index (χ4n) is 2.04. The molecule has 1 N–H and O–H groups in total. The van der Waals surface area contributed by atoms with E-state index in [9.17, 15) is 4.91 Å². The van der Waals surface area contributed by atoms with Crippen LogP contribution in [0.5, 0.6) is 0 Å². The van der Waals surface area contributed by atoms with Gasteiger partial charge in [-0.05, 0) is 42.9 Å². The molecule has 0 radical (unpaired) electrons. The van der Waals surface area contributed by atoms with E-state index in [2.05, 4.69) is 30.6 Å². The third-order valence-electron chi connectivity index (χ3n) is 3.02. The molecule has 0 spiro atoms. The van der Waals surface area contributed by atoms with E-state index >= 15 is 0 Å². The number of anilines is 1. The van der Waals surface area contributed by atoms with Crippen molar-refractivity contribution in [2.24, 2.45) is 5.29 Å². The molecule has 0 heterocycles. The van der Waals surface area contributed by atoms with Gasteiger partial charge in [-0.3, -0.25) is 0 Å². The van der Waals surface area contributed by atoms with Gasteiger partial charge in [0.25, 0.3) is 0 Å². The maximum atomic E-state index is 10.4. The van der Waals surface area contributed by atoms with Gasteiger partial charge in [-0.25, -0.2) is 5.43 Å². The summed E-state index contributed by atoms with van der Waals surface area (Å²) in [6, 6.07) is 6.09. The first-order chi connectivity index (χ1) is 8.33. The zero-order valence-corrected chi connectivity index (χ0v) is 10.8. The number of nitrogens with zero attached hydrogens (tertiary/aromatic N) is 1. The molecule has 0 aliphatic carbocycles. The lowest BCUT2D eigenvalue weighted by Gasteiger charge is -2.13. The van der Waals surface area contributed by atoms with E-state index < -0.39 is 0 Å². The van der Waals surface area contributed by atoms with Gasteiger partial charge in [0.1, 0.15) is 0 Å². The maximum Gasteiger partial charge on any atom is 0.0628 e. The SMILES string of the molecule is CCCCc1cccc(NN=O)c1CCCC. The molecule has 0 aliphatic heterocycles. The zero-order valence-electron chi connectivity index (χ0n) is 10.8. The lowest BCUT2D eigenvalue weighted by atomic mass is 9.96. The molecule has 0 saturated heterocycles. The molecule has 94 valence electrons. The summed E-state index contributed by atoms with van der Waals surface area (Å²) >= 11 is 0. The number of benzene rings is 1. The molecular formula is C14H22N2O. The smallest absolute Gasteiger partial charge is 0.0628 e. The summed E-state index contributed by atoms with van der Waals surface area (Å²) in [6.07, 6.45) is 6.80. The third-order valence-corrected chi connectivity index (χ3v) is 3.02. The molecule has 0 saturated carbocycles. The third kappa shape index (κ3) is 4.17. The van der Waals surface area contributed by atoms with Crippen molar-refractivity contribution in [1.82, 2.24) is 0 Å². The van der Waals surface area contributed by atoms with E-state index in [0.717, 1.165) is 31.4 Å². The molecule has 0 bridgehead atoms. The molecule has 0 atom stereocenters. The highest BCUT2D eigenvalue weighted by atomic mass is 16.3. The largest absolute Gasteiger partial charge is 0.242 e. The summed E-state index contributed by atoms with van der Waals surface area (Å²) in [6.45, 7) is 4.38. The topological polar surface area (TPSA) is 41.5 Å². The Bertz CT molecular complexity index is 350. The van der Waals surface area contributed by atoms with Crippen molar-refractivity contribution in [2.45, 2.75) is 52.4 Å². The van der Waals surface area contributed by atoms with Crippen LogP contribution in [0.3, 0.4) is 0 Å². The predicted molar refractivity (Wildman–Crippen MR) is 73.1 cm³/mol. The minimum absolute atomic E-state index is 0.877. The second kappa shape index (κ2) is 7.82. The first-order valence-electron chi connectivity index (χ1n) is 6.52. The number of rotatable bonds is 8. The van der Waals surface area contributed by atoms with Crippen LogP contribution in [-0.4, -0.2) is 0 Å². The zero-order chi connectivity index (χ0) is 12.5. The Morgan fingerprint density at radius 1 is 1.12 bits per heavy atom. The summed E-state index contributed by atoms with van der Waals surface area (Å²) in [5.41, 5.74) is 6.07. The van der Waals surface area contributed by atoms with Gasteiger partial charge in [-0.1, -0.05) is 38.8 Å². The van der Waals surface area contributed by atoms with E-state index in [1.807, 2.05) is 12.1 Å². The molecule has 0 amide bonds. The molecule has 0 fully saturated rings. The Labute approximate surface area is 104 Å². The average molecular weight is 234 g/mol. The van der Waals surface area contributed by atoms with Crippen molar-refractivity contribution in [3.63, 3.8) is 0 Å². The number of nitrogens with one attached hydrogen (secondary N) is 1. The maximum absolute atomic E-state index is 10.4. The van der Waals surface area contributed by atoms with Crippen molar-refractivity contribution in [2.75, 3.05) is 5.43 Å². The molecular weight excluding hydrogens is 212 g/mol. The Hall–Kier alpha value is -1.38. The van der Waals surface area contributed by atoms with Crippen LogP contribution in [0.15, 0.2) is 23.5 Å². The Kier molecular flexibility index (Phi) is 6.30. The van der Waals surface area contributed by atoms with Gasteiger partial charge in [0.05, 0.1) is 11.0 Å². The van der Waals surface area contributed by atoms with Crippen LogP contribution in [0, 0.1) is 4.91 Å². The van der Waals surface area contributed by atoms with Crippen LogP contribution in [0.4, 0.5) is 5.69 Å². The molecule has 17 heavy (non-hydrogen) atoms. The number of hydrogen-bond donors (Lipinski definition) is 1. The van der Waals surface area contributed by atoms with E-state index in [4.69, 9.17) is 0 Å². The fraction of sp³-hybridized carbons (Fsp3) is 0.571. The number of nitroso groups, excluding NO2 is 1. The molecule has 1 aromatic carbocycles. The van der Waals surface area contributed by atoms with Gasteiger partial charge < -0.3 is 0 Å². The van der Waals surface area contributed by atoms with Crippen molar-refractivity contribution < 1.29 is 0 Å². The van der Waals surface area contributed by atoms with Crippen LogP contribution in [0.2, 0.25) is 0 Å². The fourth-order valence-corrected chi connectivity index (χ4v) is 2.04. The lowest BCUT2D eigenvalue weighted by Crippen LogP contribution is -2.00. The highest BCUT2D eigenvalue weighted by Gasteiger charge is 2.07. The van der Waals surface area contributed by atoms with Gasteiger partial charge in [-0.15, -0.1) is 4.91 Å². The number of aryl methyl sites for hydroxylation is 1. The number of unbranched alkanes of at least 4 members (excludes halogenated alkanes) is 2. The minimum Gasteiger partial charge on any atom is -0.242 e. The monoisotopic (exact) mass is 234 g/mol. The van der Waals surface area contributed by atoms with Crippen molar-refractivity contribution >= 4 is 5.69 Å². The molecule has 1 rings (SSSR count). The van der Waals surface area contributed by atoms with Crippen molar-refractivity contribution in [3.8, 4) is 0 Å². The van der Waals surface area contributed by atoms with Crippen molar-refractivity contribution in [3.05, 3.63) is 34.2 Å². The Morgan fingerprint density at radius 2 is 1.82 bits per heavy atom. The highest BCUT2D eigenvalue weighted by Crippen LogP contribution is 2.24. The first kappa shape index (κ1) is 13.7.